The first-order chi connectivity index (χ1) is 16.6. The number of benzene rings is 2. The molecule has 1 fully saturated rings. The molecule has 6 heteroatoms. The predicted octanol–water partition coefficient (Wildman–Crippen LogP) is 4.59. The van der Waals surface area contributed by atoms with Crippen molar-refractivity contribution in [2.45, 2.75) is 38.3 Å². The number of pyridine rings is 1. The van der Waals surface area contributed by atoms with Crippen LogP contribution in [0.3, 0.4) is 0 Å². The second kappa shape index (κ2) is 9.14. The average Bonchev–Trinajstić information content (AvgIpc) is 3.13. The van der Waals surface area contributed by atoms with Gasteiger partial charge in [-0.25, -0.2) is 0 Å². The third-order valence-electron chi connectivity index (χ3n) is 6.67. The molecule has 1 N–H and O–H groups in total. The Labute approximate surface area is 198 Å². The fourth-order valence-electron chi connectivity index (χ4n) is 4.94. The van der Waals surface area contributed by atoms with Crippen molar-refractivity contribution in [3.63, 3.8) is 0 Å². The molecule has 1 aromatic heterocycles. The van der Waals surface area contributed by atoms with Gasteiger partial charge in [0.1, 0.15) is 11.5 Å². The summed E-state index contributed by atoms with van der Waals surface area (Å²) in [6.07, 6.45) is 7.50. The molecule has 2 heterocycles. The number of carbonyl (C=O) groups is 2. The van der Waals surface area contributed by atoms with Crippen LogP contribution in [0.25, 0.3) is 5.76 Å². The fourth-order valence-corrected chi connectivity index (χ4v) is 4.94. The summed E-state index contributed by atoms with van der Waals surface area (Å²) in [5.41, 5.74) is 4.70. The van der Waals surface area contributed by atoms with Crippen molar-refractivity contribution in [1.82, 2.24) is 9.88 Å². The third kappa shape index (κ3) is 3.96. The number of hydrogen-bond donors (Lipinski definition) is 1. The topological polar surface area (TPSA) is 79.7 Å². The number of rotatable bonds is 5. The molecule has 0 bridgehead atoms. The van der Waals surface area contributed by atoms with Crippen LogP contribution in [0.4, 0.5) is 0 Å². The molecule has 1 unspecified atom stereocenters. The largest absolute Gasteiger partial charge is 0.507 e. The van der Waals surface area contributed by atoms with E-state index in [2.05, 4.69) is 4.98 Å². The minimum atomic E-state index is -0.717. The molecule has 6 nitrogen and oxygen atoms in total. The van der Waals surface area contributed by atoms with Crippen LogP contribution in [0.5, 0.6) is 5.75 Å². The lowest BCUT2D eigenvalue weighted by Crippen LogP contribution is -2.29. The number of methoxy groups -OCH3 is 1. The zero-order valence-electron chi connectivity index (χ0n) is 19.0. The number of Topliss-reactive ketones (excluding diaryl/α,β-unsaturated/α-hetero) is 1. The first-order valence-corrected chi connectivity index (χ1v) is 11.5. The Morgan fingerprint density at radius 1 is 1.03 bits per heavy atom. The smallest absolute Gasteiger partial charge is 0.295 e. The number of nitrogens with zero attached hydrogens (tertiary/aromatic N) is 2. The molecule has 0 spiro atoms. The number of amides is 1. The molecule has 1 aliphatic carbocycles. The van der Waals surface area contributed by atoms with E-state index in [1.165, 1.54) is 16.0 Å². The number of hydrogen-bond acceptors (Lipinski definition) is 5. The lowest BCUT2D eigenvalue weighted by atomic mass is 9.89. The number of carbonyl (C=O) groups excluding carboxylic acids is 2. The average molecular weight is 455 g/mol. The molecule has 0 saturated carbocycles. The molecule has 1 atom stereocenters. The van der Waals surface area contributed by atoms with E-state index in [1.807, 2.05) is 42.5 Å². The molecular formula is C28H26N2O4. The minimum Gasteiger partial charge on any atom is -0.507 e. The highest BCUT2D eigenvalue weighted by atomic mass is 16.5. The van der Waals surface area contributed by atoms with Crippen LogP contribution in [0.2, 0.25) is 0 Å². The van der Waals surface area contributed by atoms with E-state index in [1.54, 1.807) is 31.6 Å². The van der Waals surface area contributed by atoms with Crippen LogP contribution in [0, 0.1) is 0 Å². The molecular weight excluding hydrogens is 428 g/mol. The number of aliphatic hydroxyl groups excluding tert-OH is 1. The molecule has 34 heavy (non-hydrogen) atoms. The fraction of sp³-hybridized carbons (Fsp3) is 0.250. The molecule has 1 amide bonds. The maximum atomic E-state index is 13.3. The van der Waals surface area contributed by atoms with Gasteiger partial charge in [0.2, 0.25) is 0 Å². The molecule has 5 rings (SSSR count). The summed E-state index contributed by atoms with van der Waals surface area (Å²) in [5.74, 6) is -0.783. The van der Waals surface area contributed by atoms with Gasteiger partial charge in [-0.1, -0.05) is 24.3 Å². The minimum absolute atomic E-state index is 0.106. The van der Waals surface area contributed by atoms with Gasteiger partial charge in [0, 0.05) is 24.5 Å². The Bertz CT molecular complexity index is 1280. The van der Waals surface area contributed by atoms with E-state index in [0.717, 1.165) is 36.8 Å². The zero-order valence-corrected chi connectivity index (χ0v) is 19.0. The summed E-state index contributed by atoms with van der Waals surface area (Å²) in [6.45, 7) is 0.204. The molecule has 2 aromatic carbocycles. The lowest BCUT2D eigenvalue weighted by Gasteiger charge is -2.25. The van der Waals surface area contributed by atoms with Gasteiger partial charge in [-0.3, -0.25) is 14.6 Å². The molecule has 1 saturated heterocycles. The number of aliphatic hydroxyl groups is 1. The van der Waals surface area contributed by atoms with Crippen molar-refractivity contribution in [2.24, 2.45) is 0 Å². The standard InChI is InChI=1S/C28H26N2O4/c1-34-23-8-4-5-18(15-23)17-30-25(20-11-13-29-14-12-20)24(27(32)28(30)33)26(31)22-10-9-19-6-2-3-7-21(19)16-22/h4-5,8-16,25,31H,2-3,6-7,17H2,1H3/b26-24-. The number of likely N-dealkylation sites (tertiary alicyclic amines) is 1. The van der Waals surface area contributed by atoms with Crippen LogP contribution < -0.4 is 4.74 Å². The van der Waals surface area contributed by atoms with Crippen molar-refractivity contribution in [3.8, 4) is 5.75 Å². The molecule has 2 aliphatic rings. The van der Waals surface area contributed by atoms with Crippen LogP contribution in [-0.4, -0.2) is 33.8 Å². The van der Waals surface area contributed by atoms with E-state index in [-0.39, 0.29) is 17.9 Å². The van der Waals surface area contributed by atoms with Gasteiger partial charge >= 0.3 is 0 Å². The van der Waals surface area contributed by atoms with Crippen molar-refractivity contribution < 1.29 is 19.4 Å². The Kier molecular flexibility index (Phi) is 5.88. The first-order valence-electron chi connectivity index (χ1n) is 11.5. The van der Waals surface area contributed by atoms with Gasteiger partial charge in [-0.05, 0) is 78.3 Å². The van der Waals surface area contributed by atoms with Gasteiger partial charge in [0.25, 0.3) is 11.7 Å². The maximum absolute atomic E-state index is 13.3. The third-order valence-corrected chi connectivity index (χ3v) is 6.67. The maximum Gasteiger partial charge on any atom is 0.295 e. The number of aromatic nitrogens is 1. The summed E-state index contributed by atoms with van der Waals surface area (Å²) < 4.78 is 5.31. The van der Waals surface area contributed by atoms with Crippen LogP contribution in [0.1, 0.15) is 46.7 Å². The monoisotopic (exact) mass is 454 g/mol. The van der Waals surface area contributed by atoms with Gasteiger partial charge in [-0.2, -0.15) is 0 Å². The van der Waals surface area contributed by atoms with Gasteiger partial charge in [-0.15, -0.1) is 0 Å². The van der Waals surface area contributed by atoms with E-state index in [0.29, 0.717) is 11.3 Å². The zero-order chi connectivity index (χ0) is 23.7. The quantitative estimate of drug-likeness (QED) is 0.347. The molecule has 172 valence electrons. The highest BCUT2D eigenvalue weighted by molar-refractivity contribution is 6.46. The summed E-state index contributed by atoms with van der Waals surface area (Å²) in [5, 5.41) is 11.4. The van der Waals surface area contributed by atoms with Crippen LogP contribution in [-0.2, 0) is 29.0 Å². The van der Waals surface area contributed by atoms with E-state index < -0.39 is 17.7 Å². The van der Waals surface area contributed by atoms with E-state index in [4.69, 9.17) is 4.74 Å². The molecule has 1 aliphatic heterocycles. The SMILES string of the molecule is COc1cccc(CN2C(=O)C(=O)/C(=C(\O)c3ccc4c(c3)CCCC4)C2c2ccncc2)c1. The van der Waals surface area contributed by atoms with Gasteiger partial charge in [0.05, 0.1) is 18.7 Å². The van der Waals surface area contributed by atoms with E-state index in [9.17, 15) is 14.7 Å². The van der Waals surface area contributed by atoms with Gasteiger partial charge in [0.15, 0.2) is 0 Å². The first kappa shape index (κ1) is 21.9. The van der Waals surface area contributed by atoms with Crippen molar-refractivity contribution in [1.29, 1.82) is 0 Å². The van der Waals surface area contributed by atoms with Crippen molar-refractivity contribution in [2.75, 3.05) is 7.11 Å². The predicted molar refractivity (Wildman–Crippen MR) is 128 cm³/mol. The highest BCUT2D eigenvalue weighted by Gasteiger charge is 2.46. The normalized spacial score (nSPS) is 19.2. The second-order valence-corrected chi connectivity index (χ2v) is 8.75. The van der Waals surface area contributed by atoms with Crippen molar-refractivity contribution in [3.05, 3.63) is 100 Å². The second-order valence-electron chi connectivity index (χ2n) is 8.75. The Morgan fingerprint density at radius 3 is 2.56 bits per heavy atom. The number of ketones is 1. The van der Waals surface area contributed by atoms with Crippen molar-refractivity contribution >= 4 is 17.4 Å². The van der Waals surface area contributed by atoms with Gasteiger partial charge < -0.3 is 14.7 Å². The summed E-state index contributed by atoms with van der Waals surface area (Å²) in [6, 6.07) is 16.1. The summed E-state index contributed by atoms with van der Waals surface area (Å²) >= 11 is 0. The Balaban J connectivity index is 1.60. The number of fused-ring (bicyclic) bond motifs is 1. The highest BCUT2D eigenvalue weighted by Crippen LogP contribution is 2.40. The summed E-state index contributed by atoms with van der Waals surface area (Å²) in [7, 11) is 1.58. The lowest BCUT2D eigenvalue weighted by molar-refractivity contribution is -0.140. The van der Waals surface area contributed by atoms with Crippen LogP contribution in [0.15, 0.2) is 72.6 Å². The van der Waals surface area contributed by atoms with Crippen LogP contribution >= 0.6 is 0 Å². The number of ether oxygens (including phenoxy) is 1. The number of aryl methyl sites for hydroxylation is 2. The van der Waals surface area contributed by atoms with E-state index >= 15 is 0 Å². The molecule has 3 aromatic rings. The molecule has 0 radical (unpaired) electrons. The Hall–Kier alpha value is -3.93. The Morgan fingerprint density at radius 2 is 1.79 bits per heavy atom. The summed E-state index contributed by atoms with van der Waals surface area (Å²) in [4.78, 5) is 32.1.